The summed E-state index contributed by atoms with van der Waals surface area (Å²) >= 11 is 0. The van der Waals surface area contributed by atoms with Crippen LogP contribution in [0.5, 0.6) is 5.75 Å². The van der Waals surface area contributed by atoms with Crippen LogP contribution in [0.4, 0.5) is 5.95 Å². The van der Waals surface area contributed by atoms with Gasteiger partial charge in [-0.3, -0.25) is 4.79 Å². The second-order valence-corrected chi connectivity index (χ2v) is 6.21. The molecule has 25 heavy (non-hydrogen) atoms. The van der Waals surface area contributed by atoms with Crippen LogP contribution in [0.15, 0.2) is 36.5 Å². The van der Waals surface area contributed by atoms with Gasteiger partial charge in [0.2, 0.25) is 5.95 Å². The number of carbonyl (C=O) groups is 1. The molecule has 0 unspecified atom stereocenters. The quantitative estimate of drug-likeness (QED) is 0.810. The molecule has 0 spiro atoms. The van der Waals surface area contributed by atoms with E-state index in [-0.39, 0.29) is 11.9 Å². The highest BCUT2D eigenvalue weighted by atomic mass is 16.5. The highest BCUT2D eigenvalue weighted by Crippen LogP contribution is 2.19. The van der Waals surface area contributed by atoms with Gasteiger partial charge < -0.3 is 15.4 Å². The number of amides is 1. The molecule has 0 radical (unpaired) electrons. The predicted molar refractivity (Wildman–Crippen MR) is 96.9 cm³/mol. The van der Waals surface area contributed by atoms with Crippen LogP contribution in [-0.2, 0) is 6.42 Å². The first-order chi connectivity index (χ1) is 12.3. The Kier molecular flexibility index (Phi) is 5.82. The molecular weight excluding hydrogens is 316 g/mol. The topological polar surface area (TPSA) is 76.1 Å². The third kappa shape index (κ3) is 4.68. The second kappa shape index (κ2) is 8.46. The number of anilines is 1. The number of para-hydroxylation sites is 1. The third-order valence-electron chi connectivity index (χ3n) is 4.45. The van der Waals surface area contributed by atoms with Crippen LogP contribution in [0.1, 0.15) is 41.7 Å². The number of methoxy groups -OCH3 is 1. The van der Waals surface area contributed by atoms with Crippen molar-refractivity contribution in [3.05, 3.63) is 47.8 Å². The van der Waals surface area contributed by atoms with Gasteiger partial charge in [0, 0.05) is 18.8 Å². The van der Waals surface area contributed by atoms with Gasteiger partial charge in [-0.2, -0.15) is 0 Å². The van der Waals surface area contributed by atoms with Crippen LogP contribution in [0.25, 0.3) is 0 Å². The number of carbonyl (C=O) groups excluding carboxylic acids is 1. The van der Waals surface area contributed by atoms with Crippen molar-refractivity contribution in [2.24, 2.45) is 0 Å². The second-order valence-electron chi connectivity index (χ2n) is 6.21. The first-order valence-electron chi connectivity index (χ1n) is 8.76. The van der Waals surface area contributed by atoms with Gasteiger partial charge in [-0.15, -0.1) is 0 Å². The van der Waals surface area contributed by atoms with Crippen molar-refractivity contribution in [3.8, 4) is 5.75 Å². The molecule has 1 saturated carbocycles. The van der Waals surface area contributed by atoms with E-state index < -0.39 is 0 Å². The van der Waals surface area contributed by atoms with Gasteiger partial charge in [0.1, 0.15) is 11.4 Å². The molecule has 3 rings (SSSR count). The summed E-state index contributed by atoms with van der Waals surface area (Å²) in [7, 11) is 1.67. The van der Waals surface area contributed by atoms with E-state index in [4.69, 9.17) is 4.74 Å². The average molecular weight is 340 g/mol. The monoisotopic (exact) mass is 340 g/mol. The normalized spacial score (nSPS) is 14.3. The Bertz CT molecular complexity index is 714. The van der Waals surface area contributed by atoms with Crippen molar-refractivity contribution in [2.75, 3.05) is 19.0 Å². The summed E-state index contributed by atoms with van der Waals surface area (Å²) in [5.41, 5.74) is 1.52. The fourth-order valence-corrected chi connectivity index (χ4v) is 3.12. The molecule has 2 N–H and O–H groups in total. The van der Waals surface area contributed by atoms with Crippen LogP contribution in [-0.4, -0.2) is 35.6 Å². The summed E-state index contributed by atoms with van der Waals surface area (Å²) in [6.45, 7) is 0.661. The Hall–Kier alpha value is -2.63. The Morgan fingerprint density at radius 3 is 2.84 bits per heavy atom. The van der Waals surface area contributed by atoms with E-state index in [1.165, 1.54) is 12.8 Å². The van der Waals surface area contributed by atoms with Crippen molar-refractivity contribution >= 4 is 11.9 Å². The van der Waals surface area contributed by atoms with E-state index in [1.807, 2.05) is 24.3 Å². The van der Waals surface area contributed by atoms with Crippen LogP contribution in [0, 0.1) is 0 Å². The Morgan fingerprint density at radius 1 is 1.24 bits per heavy atom. The molecular formula is C19H24N4O2. The van der Waals surface area contributed by atoms with E-state index in [2.05, 4.69) is 20.6 Å². The van der Waals surface area contributed by atoms with E-state index >= 15 is 0 Å². The van der Waals surface area contributed by atoms with E-state index in [0.29, 0.717) is 18.2 Å². The standard InChI is InChI=1S/C19H24N4O2/c1-25-17-9-5-2-6-14(17)10-12-20-19-21-13-11-16(23-19)18(24)22-15-7-3-4-8-15/h2,5-6,9,11,13,15H,3-4,7-8,10,12H2,1H3,(H,22,24)(H,20,21,23). The summed E-state index contributed by atoms with van der Waals surface area (Å²) in [4.78, 5) is 20.8. The molecule has 0 saturated heterocycles. The molecule has 1 aliphatic rings. The number of rotatable bonds is 7. The number of ether oxygens (including phenoxy) is 1. The predicted octanol–water partition coefficient (Wildman–Crippen LogP) is 2.81. The maximum atomic E-state index is 12.3. The molecule has 2 aromatic rings. The van der Waals surface area contributed by atoms with Crippen LogP contribution in [0.2, 0.25) is 0 Å². The molecule has 6 nitrogen and oxygen atoms in total. The van der Waals surface area contributed by atoms with Gasteiger partial charge in [0.15, 0.2) is 0 Å². The number of nitrogens with zero attached hydrogens (tertiary/aromatic N) is 2. The third-order valence-corrected chi connectivity index (χ3v) is 4.45. The molecule has 1 heterocycles. The fourth-order valence-electron chi connectivity index (χ4n) is 3.12. The highest BCUT2D eigenvalue weighted by Gasteiger charge is 2.18. The zero-order valence-corrected chi connectivity index (χ0v) is 14.5. The van der Waals surface area contributed by atoms with Crippen LogP contribution >= 0.6 is 0 Å². The highest BCUT2D eigenvalue weighted by molar-refractivity contribution is 5.92. The fraction of sp³-hybridized carbons (Fsp3) is 0.421. The molecule has 1 aromatic carbocycles. The van der Waals surface area contributed by atoms with Gasteiger partial charge in [-0.1, -0.05) is 31.0 Å². The SMILES string of the molecule is COc1ccccc1CCNc1nccc(C(=O)NC2CCCC2)n1. The number of benzene rings is 1. The summed E-state index contributed by atoms with van der Waals surface area (Å²) in [5.74, 6) is 1.21. The van der Waals surface area contributed by atoms with E-state index in [0.717, 1.165) is 30.6 Å². The lowest BCUT2D eigenvalue weighted by molar-refractivity contribution is 0.0933. The molecule has 1 aliphatic carbocycles. The number of aromatic nitrogens is 2. The molecule has 0 aliphatic heterocycles. The minimum Gasteiger partial charge on any atom is -0.496 e. The largest absolute Gasteiger partial charge is 0.496 e. The molecule has 1 aromatic heterocycles. The summed E-state index contributed by atoms with van der Waals surface area (Å²) in [6.07, 6.45) is 6.88. The lowest BCUT2D eigenvalue weighted by Crippen LogP contribution is -2.33. The first kappa shape index (κ1) is 17.2. The molecule has 132 valence electrons. The molecule has 1 fully saturated rings. The lowest BCUT2D eigenvalue weighted by atomic mass is 10.1. The van der Waals surface area contributed by atoms with Gasteiger partial charge in [0.25, 0.3) is 5.91 Å². The Morgan fingerprint density at radius 2 is 2.04 bits per heavy atom. The zero-order chi connectivity index (χ0) is 17.5. The van der Waals surface area contributed by atoms with Crippen LogP contribution in [0.3, 0.4) is 0 Å². The van der Waals surface area contributed by atoms with Crippen molar-refractivity contribution in [2.45, 2.75) is 38.1 Å². The van der Waals surface area contributed by atoms with Crippen LogP contribution < -0.4 is 15.4 Å². The van der Waals surface area contributed by atoms with Gasteiger partial charge in [0.05, 0.1) is 7.11 Å². The Labute approximate surface area is 148 Å². The smallest absolute Gasteiger partial charge is 0.270 e. The molecule has 0 bridgehead atoms. The van der Waals surface area contributed by atoms with Gasteiger partial charge >= 0.3 is 0 Å². The first-order valence-corrected chi connectivity index (χ1v) is 8.76. The van der Waals surface area contributed by atoms with Gasteiger partial charge in [-0.05, 0) is 37.0 Å². The maximum Gasteiger partial charge on any atom is 0.270 e. The van der Waals surface area contributed by atoms with Crippen molar-refractivity contribution in [1.29, 1.82) is 0 Å². The number of hydrogen-bond acceptors (Lipinski definition) is 5. The van der Waals surface area contributed by atoms with E-state index in [9.17, 15) is 4.79 Å². The van der Waals surface area contributed by atoms with Crippen molar-refractivity contribution < 1.29 is 9.53 Å². The Balaban J connectivity index is 1.55. The van der Waals surface area contributed by atoms with Crippen molar-refractivity contribution in [1.82, 2.24) is 15.3 Å². The minimum absolute atomic E-state index is 0.123. The minimum atomic E-state index is -0.123. The lowest BCUT2D eigenvalue weighted by Gasteiger charge is -2.12. The average Bonchev–Trinajstić information content (AvgIpc) is 3.15. The maximum absolute atomic E-state index is 12.3. The summed E-state index contributed by atoms with van der Waals surface area (Å²) in [5, 5.41) is 6.22. The van der Waals surface area contributed by atoms with Gasteiger partial charge in [-0.25, -0.2) is 9.97 Å². The molecule has 0 atom stereocenters. The number of nitrogens with one attached hydrogen (secondary N) is 2. The summed E-state index contributed by atoms with van der Waals surface area (Å²) in [6, 6.07) is 9.85. The zero-order valence-electron chi connectivity index (χ0n) is 14.5. The number of hydrogen-bond donors (Lipinski definition) is 2. The van der Waals surface area contributed by atoms with E-state index in [1.54, 1.807) is 19.4 Å². The molecule has 1 amide bonds. The molecule has 6 heteroatoms. The summed E-state index contributed by atoms with van der Waals surface area (Å²) < 4.78 is 5.35. The van der Waals surface area contributed by atoms with Crippen molar-refractivity contribution in [3.63, 3.8) is 0 Å².